The highest BCUT2D eigenvalue weighted by molar-refractivity contribution is 7.89. The molecular formula is C20H25N5O2S. The maximum atomic E-state index is 13.2. The van der Waals surface area contributed by atoms with Crippen LogP contribution in [0, 0.1) is 6.92 Å². The molecule has 1 saturated heterocycles. The van der Waals surface area contributed by atoms with Gasteiger partial charge in [-0.1, -0.05) is 18.9 Å². The Morgan fingerprint density at radius 2 is 1.86 bits per heavy atom. The molecule has 2 aromatic heterocycles. The lowest BCUT2D eigenvalue weighted by Gasteiger charge is -2.21. The maximum absolute atomic E-state index is 13.2. The Balaban J connectivity index is 1.56. The third-order valence-corrected chi connectivity index (χ3v) is 7.28. The first-order valence-corrected chi connectivity index (χ1v) is 11.1. The molecule has 0 unspecified atom stereocenters. The Hall–Kier alpha value is -2.45. The molecule has 1 aliphatic rings. The smallest absolute Gasteiger partial charge is 0.243 e. The maximum Gasteiger partial charge on any atom is 0.243 e. The molecule has 1 fully saturated rings. The number of hydrogen-bond donors (Lipinski definition) is 2. The topological polar surface area (TPSA) is 91.0 Å². The minimum atomic E-state index is -3.48. The number of H-pyrrole nitrogens is 1. The summed E-state index contributed by atoms with van der Waals surface area (Å²) >= 11 is 0. The van der Waals surface area contributed by atoms with E-state index in [0.29, 0.717) is 24.5 Å². The van der Waals surface area contributed by atoms with Crippen LogP contribution < -0.4 is 5.32 Å². The Labute approximate surface area is 165 Å². The van der Waals surface area contributed by atoms with Gasteiger partial charge in [-0.25, -0.2) is 13.4 Å². The van der Waals surface area contributed by atoms with Crippen LogP contribution in [0.4, 0.5) is 5.69 Å². The SMILES string of the molecule is Cc1ccc(NCc2c[nH]c3nccnc23)cc1S(=O)(=O)N1CCCCCC1. The van der Waals surface area contributed by atoms with E-state index in [0.717, 1.165) is 53.7 Å². The molecule has 2 N–H and O–H groups in total. The van der Waals surface area contributed by atoms with Crippen molar-refractivity contribution in [3.63, 3.8) is 0 Å². The number of benzene rings is 1. The van der Waals surface area contributed by atoms with Crippen LogP contribution >= 0.6 is 0 Å². The van der Waals surface area contributed by atoms with Crippen molar-refractivity contribution in [3.05, 3.63) is 47.9 Å². The average molecular weight is 400 g/mol. The van der Waals surface area contributed by atoms with Gasteiger partial charge in [-0.15, -0.1) is 0 Å². The van der Waals surface area contributed by atoms with Gasteiger partial charge in [-0.2, -0.15) is 4.31 Å². The van der Waals surface area contributed by atoms with Gasteiger partial charge in [-0.05, 0) is 37.5 Å². The lowest BCUT2D eigenvalue weighted by atomic mass is 10.2. The van der Waals surface area contributed by atoms with Gasteiger partial charge >= 0.3 is 0 Å². The molecule has 8 heteroatoms. The third kappa shape index (κ3) is 3.74. The second kappa shape index (κ2) is 7.89. The highest BCUT2D eigenvalue weighted by Gasteiger charge is 2.26. The zero-order valence-corrected chi connectivity index (χ0v) is 16.8. The first-order chi connectivity index (χ1) is 13.6. The van der Waals surface area contributed by atoms with Gasteiger partial charge in [0.1, 0.15) is 5.52 Å². The fraction of sp³-hybridized carbons (Fsp3) is 0.400. The number of hydrogen-bond acceptors (Lipinski definition) is 5. The van der Waals surface area contributed by atoms with E-state index in [-0.39, 0.29) is 0 Å². The molecular weight excluding hydrogens is 374 g/mol. The van der Waals surface area contributed by atoms with Crippen molar-refractivity contribution in [1.82, 2.24) is 19.3 Å². The van der Waals surface area contributed by atoms with Crippen molar-refractivity contribution in [3.8, 4) is 0 Å². The van der Waals surface area contributed by atoms with Crippen LogP contribution in [0.5, 0.6) is 0 Å². The summed E-state index contributed by atoms with van der Waals surface area (Å²) in [5.74, 6) is 0. The molecule has 3 aromatic rings. The molecule has 148 valence electrons. The van der Waals surface area contributed by atoms with E-state index in [2.05, 4.69) is 20.3 Å². The number of sulfonamides is 1. The van der Waals surface area contributed by atoms with Crippen LogP contribution in [0.15, 0.2) is 41.7 Å². The third-order valence-electron chi connectivity index (χ3n) is 5.24. The number of rotatable bonds is 5. The summed E-state index contributed by atoms with van der Waals surface area (Å²) < 4.78 is 28.0. The molecule has 0 saturated carbocycles. The van der Waals surface area contributed by atoms with Crippen molar-refractivity contribution in [2.24, 2.45) is 0 Å². The summed E-state index contributed by atoms with van der Waals surface area (Å²) in [6, 6.07) is 5.52. The lowest BCUT2D eigenvalue weighted by molar-refractivity contribution is 0.423. The van der Waals surface area contributed by atoms with Crippen LogP contribution in [0.25, 0.3) is 11.2 Å². The first-order valence-electron chi connectivity index (χ1n) is 9.67. The summed E-state index contributed by atoms with van der Waals surface area (Å²) in [5, 5.41) is 3.32. The second-order valence-corrected chi connectivity index (χ2v) is 9.13. The van der Waals surface area contributed by atoms with Gasteiger partial charge in [0.05, 0.1) is 4.90 Å². The van der Waals surface area contributed by atoms with Gasteiger partial charge in [0.25, 0.3) is 0 Å². The molecule has 0 amide bonds. The fourth-order valence-corrected chi connectivity index (χ4v) is 5.41. The van der Waals surface area contributed by atoms with Gasteiger partial charge in [0, 0.05) is 49.5 Å². The summed E-state index contributed by atoms with van der Waals surface area (Å²) in [5.41, 5.74) is 4.10. The van der Waals surface area contributed by atoms with E-state index < -0.39 is 10.0 Å². The average Bonchev–Trinajstić information content (AvgIpc) is 2.90. The Morgan fingerprint density at radius 3 is 2.64 bits per heavy atom. The van der Waals surface area contributed by atoms with E-state index in [1.165, 1.54) is 0 Å². The number of fused-ring (bicyclic) bond motifs is 1. The van der Waals surface area contributed by atoms with Crippen molar-refractivity contribution in [2.75, 3.05) is 18.4 Å². The molecule has 4 rings (SSSR count). The summed E-state index contributed by atoms with van der Waals surface area (Å²) in [6.07, 6.45) is 9.24. The Bertz CT molecular complexity index is 1070. The minimum Gasteiger partial charge on any atom is -0.381 e. The van der Waals surface area contributed by atoms with E-state index in [4.69, 9.17) is 0 Å². The summed E-state index contributed by atoms with van der Waals surface area (Å²) in [4.78, 5) is 12.1. The van der Waals surface area contributed by atoms with E-state index in [1.54, 1.807) is 22.8 Å². The van der Waals surface area contributed by atoms with Gasteiger partial charge in [-0.3, -0.25) is 4.98 Å². The standard InChI is InChI=1S/C20H25N5O2S/c1-15-6-7-17(23-13-16-14-24-20-19(16)21-8-9-22-20)12-18(15)28(26,27)25-10-4-2-3-5-11-25/h6-9,12,14,23H,2-5,10-11,13H2,1H3,(H,22,24). The van der Waals surface area contributed by atoms with Crippen molar-refractivity contribution < 1.29 is 8.42 Å². The number of anilines is 1. The zero-order chi connectivity index (χ0) is 19.6. The number of aromatic amines is 1. The highest BCUT2D eigenvalue weighted by atomic mass is 32.2. The Morgan fingerprint density at radius 1 is 1.11 bits per heavy atom. The zero-order valence-electron chi connectivity index (χ0n) is 16.0. The van der Waals surface area contributed by atoms with Crippen molar-refractivity contribution in [2.45, 2.75) is 44.0 Å². The van der Waals surface area contributed by atoms with Gasteiger partial charge in [0.15, 0.2) is 5.65 Å². The molecule has 1 aromatic carbocycles. The molecule has 3 heterocycles. The van der Waals surface area contributed by atoms with Crippen LogP contribution in [0.3, 0.4) is 0 Å². The van der Waals surface area contributed by atoms with Gasteiger partial charge < -0.3 is 10.3 Å². The van der Waals surface area contributed by atoms with Crippen LogP contribution in [-0.4, -0.2) is 40.8 Å². The molecule has 1 aliphatic heterocycles. The molecule has 0 spiro atoms. The monoisotopic (exact) mass is 399 g/mol. The lowest BCUT2D eigenvalue weighted by Crippen LogP contribution is -2.32. The number of aromatic nitrogens is 3. The predicted molar refractivity (Wildman–Crippen MR) is 110 cm³/mol. The highest BCUT2D eigenvalue weighted by Crippen LogP contribution is 2.26. The van der Waals surface area contributed by atoms with Crippen LogP contribution in [0.2, 0.25) is 0 Å². The largest absolute Gasteiger partial charge is 0.381 e. The van der Waals surface area contributed by atoms with Crippen molar-refractivity contribution in [1.29, 1.82) is 0 Å². The minimum absolute atomic E-state index is 0.387. The predicted octanol–water partition coefficient (Wildman–Crippen LogP) is 3.44. The fourth-order valence-electron chi connectivity index (χ4n) is 3.64. The van der Waals surface area contributed by atoms with Gasteiger partial charge in [0.2, 0.25) is 10.0 Å². The molecule has 0 atom stereocenters. The van der Waals surface area contributed by atoms with Crippen LogP contribution in [0.1, 0.15) is 36.8 Å². The number of nitrogens with zero attached hydrogens (tertiary/aromatic N) is 3. The number of nitrogens with one attached hydrogen (secondary N) is 2. The van der Waals surface area contributed by atoms with E-state index >= 15 is 0 Å². The van der Waals surface area contributed by atoms with E-state index in [1.807, 2.05) is 25.3 Å². The molecule has 0 bridgehead atoms. The quantitative estimate of drug-likeness (QED) is 0.686. The van der Waals surface area contributed by atoms with Crippen molar-refractivity contribution >= 4 is 26.9 Å². The number of aryl methyl sites for hydroxylation is 1. The molecule has 7 nitrogen and oxygen atoms in total. The molecule has 0 aliphatic carbocycles. The van der Waals surface area contributed by atoms with E-state index in [9.17, 15) is 8.42 Å². The Kier molecular flexibility index (Phi) is 5.32. The molecule has 28 heavy (non-hydrogen) atoms. The first kappa shape index (κ1) is 18.9. The molecule has 0 radical (unpaired) electrons. The second-order valence-electron chi connectivity index (χ2n) is 7.22. The van der Waals surface area contributed by atoms with Crippen LogP contribution in [-0.2, 0) is 16.6 Å². The normalized spacial score (nSPS) is 16.2. The summed E-state index contributed by atoms with van der Waals surface area (Å²) in [7, 11) is -3.48. The summed E-state index contributed by atoms with van der Waals surface area (Å²) in [6.45, 7) is 3.59.